The van der Waals surface area contributed by atoms with Crippen molar-refractivity contribution in [3.05, 3.63) is 28.1 Å². The Kier molecular flexibility index (Phi) is 2.03. The molecule has 0 aliphatic rings. The first-order valence-electron chi connectivity index (χ1n) is 4.82. The van der Waals surface area contributed by atoms with E-state index in [4.69, 9.17) is 5.73 Å². The number of aromatic nitrogens is 3. The summed E-state index contributed by atoms with van der Waals surface area (Å²) in [5.74, 6) is 0.318. The van der Waals surface area contributed by atoms with Gasteiger partial charge in [-0.15, -0.1) is 0 Å². The molecule has 2 aromatic heterocycles. The molecule has 0 saturated heterocycles. The summed E-state index contributed by atoms with van der Waals surface area (Å²) in [6.45, 7) is 0. The van der Waals surface area contributed by atoms with Gasteiger partial charge in [-0.1, -0.05) is 0 Å². The SMILES string of the molecule is Cn1ccc2c3cnc(N)nc3cc(I)c21. The Hall–Kier alpha value is -1.37. The van der Waals surface area contributed by atoms with Gasteiger partial charge in [-0.05, 0) is 34.7 Å². The van der Waals surface area contributed by atoms with Gasteiger partial charge >= 0.3 is 0 Å². The van der Waals surface area contributed by atoms with Crippen LogP contribution in [0.3, 0.4) is 0 Å². The summed E-state index contributed by atoms with van der Waals surface area (Å²) in [5.41, 5.74) is 7.70. The van der Waals surface area contributed by atoms with Crippen LogP contribution in [-0.4, -0.2) is 14.5 Å². The number of hydrogen-bond donors (Lipinski definition) is 1. The quantitative estimate of drug-likeness (QED) is 0.646. The molecular weight excluding hydrogens is 315 g/mol. The zero-order valence-corrected chi connectivity index (χ0v) is 10.8. The Morgan fingerprint density at radius 3 is 3.00 bits per heavy atom. The maximum atomic E-state index is 5.59. The molecule has 2 heterocycles. The molecule has 0 bridgehead atoms. The van der Waals surface area contributed by atoms with Gasteiger partial charge in [-0.2, -0.15) is 0 Å². The molecule has 0 unspecified atom stereocenters. The molecule has 0 aliphatic carbocycles. The number of rotatable bonds is 0. The summed E-state index contributed by atoms with van der Waals surface area (Å²) in [4.78, 5) is 8.30. The number of aryl methyl sites for hydroxylation is 1. The monoisotopic (exact) mass is 324 g/mol. The van der Waals surface area contributed by atoms with E-state index in [2.05, 4.69) is 43.2 Å². The van der Waals surface area contributed by atoms with Gasteiger partial charge in [0.15, 0.2) is 0 Å². The van der Waals surface area contributed by atoms with Crippen molar-refractivity contribution >= 4 is 50.3 Å². The molecule has 16 heavy (non-hydrogen) atoms. The Balaban J connectivity index is 2.59. The standard InChI is InChI=1S/C11H9IN4/c1-16-3-2-6-7-5-14-11(13)15-9(7)4-8(12)10(6)16/h2-5H,1H3,(H2,13,14,15). The molecular formula is C11H9IN4. The Bertz CT molecular complexity index is 702. The largest absolute Gasteiger partial charge is 0.368 e. The molecule has 0 radical (unpaired) electrons. The molecule has 1 aromatic carbocycles. The molecule has 0 aliphatic heterocycles. The van der Waals surface area contributed by atoms with E-state index in [9.17, 15) is 0 Å². The van der Waals surface area contributed by atoms with Crippen LogP contribution in [0, 0.1) is 3.57 Å². The van der Waals surface area contributed by atoms with Gasteiger partial charge in [0.05, 0.1) is 11.0 Å². The predicted molar refractivity (Wildman–Crippen MR) is 73.1 cm³/mol. The Labute approximate surface area is 106 Å². The summed E-state index contributed by atoms with van der Waals surface area (Å²) >= 11 is 2.32. The van der Waals surface area contributed by atoms with Crippen LogP contribution in [0.5, 0.6) is 0 Å². The third-order valence-corrected chi connectivity index (χ3v) is 3.51. The van der Waals surface area contributed by atoms with Gasteiger partial charge < -0.3 is 10.3 Å². The van der Waals surface area contributed by atoms with Crippen LogP contribution in [0.4, 0.5) is 5.95 Å². The lowest BCUT2D eigenvalue weighted by atomic mass is 10.1. The number of nitrogens with two attached hydrogens (primary N) is 1. The molecule has 0 fully saturated rings. The fourth-order valence-electron chi connectivity index (χ4n) is 1.96. The predicted octanol–water partition coefficient (Wildman–Crippen LogP) is 2.31. The number of benzene rings is 1. The number of fused-ring (bicyclic) bond motifs is 3. The van der Waals surface area contributed by atoms with Crippen molar-refractivity contribution in [3.63, 3.8) is 0 Å². The van der Waals surface area contributed by atoms with Gasteiger partial charge in [-0.3, -0.25) is 0 Å². The van der Waals surface area contributed by atoms with Crippen LogP contribution in [0.1, 0.15) is 0 Å². The first kappa shape index (κ1) is 9.83. The summed E-state index contributed by atoms with van der Waals surface area (Å²) in [6.07, 6.45) is 3.83. The smallest absolute Gasteiger partial charge is 0.220 e. The van der Waals surface area contributed by atoms with E-state index in [-0.39, 0.29) is 0 Å². The topological polar surface area (TPSA) is 56.7 Å². The number of halogens is 1. The third kappa shape index (κ3) is 1.27. The summed E-state index contributed by atoms with van der Waals surface area (Å²) in [5, 5.41) is 2.22. The molecule has 80 valence electrons. The molecule has 0 amide bonds. The molecule has 4 nitrogen and oxygen atoms in total. The normalized spacial score (nSPS) is 11.4. The number of nitrogens with zero attached hydrogens (tertiary/aromatic N) is 3. The van der Waals surface area contributed by atoms with Crippen LogP contribution >= 0.6 is 22.6 Å². The second kappa shape index (κ2) is 3.31. The van der Waals surface area contributed by atoms with E-state index in [1.54, 1.807) is 6.20 Å². The van der Waals surface area contributed by atoms with E-state index >= 15 is 0 Å². The first-order valence-corrected chi connectivity index (χ1v) is 5.90. The van der Waals surface area contributed by atoms with Crippen molar-refractivity contribution in [1.29, 1.82) is 0 Å². The van der Waals surface area contributed by atoms with Crippen molar-refractivity contribution < 1.29 is 0 Å². The highest BCUT2D eigenvalue weighted by molar-refractivity contribution is 14.1. The lowest BCUT2D eigenvalue weighted by Gasteiger charge is -2.04. The van der Waals surface area contributed by atoms with Gasteiger partial charge in [0.2, 0.25) is 5.95 Å². The van der Waals surface area contributed by atoms with Crippen LogP contribution in [0.2, 0.25) is 0 Å². The molecule has 3 aromatic rings. The molecule has 5 heteroatoms. The van der Waals surface area contributed by atoms with Crippen molar-refractivity contribution in [1.82, 2.24) is 14.5 Å². The molecule has 0 atom stereocenters. The Morgan fingerprint density at radius 1 is 1.38 bits per heavy atom. The average molecular weight is 324 g/mol. The van der Waals surface area contributed by atoms with Crippen molar-refractivity contribution in [2.45, 2.75) is 0 Å². The highest BCUT2D eigenvalue weighted by Gasteiger charge is 2.09. The van der Waals surface area contributed by atoms with Crippen LogP contribution in [0.25, 0.3) is 21.8 Å². The molecule has 2 N–H and O–H groups in total. The minimum absolute atomic E-state index is 0.318. The van der Waals surface area contributed by atoms with Crippen molar-refractivity contribution in [2.24, 2.45) is 7.05 Å². The first-order chi connectivity index (χ1) is 7.66. The second-order valence-electron chi connectivity index (χ2n) is 3.71. The number of hydrogen-bond acceptors (Lipinski definition) is 3. The lowest BCUT2D eigenvalue weighted by Crippen LogP contribution is -1.95. The second-order valence-corrected chi connectivity index (χ2v) is 4.87. The summed E-state index contributed by atoms with van der Waals surface area (Å²) in [7, 11) is 2.04. The van der Waals surface area contributed by atoms with Crippen LogP contribution in [0.15, 0.2) is 24.5 Å². The molecule has 0 spiro atoms. The molecule has 3 rings (SSSR count). The highest BCUT2D eigenvalue weighted by Crippen LogP contribution is 2.28. The van der Waals surface area contributed by atoms with Gasteiger partial charge in [0.1, 0.15) is 0 Å². The highest BCUT2D eigenvalue weighted by atomic mass is 127. The van der Waals surface area contributed by atoms with Gasteiger partial charge in [0, 0.05) is 33.8 Å². The third-order valence-electron chi connectivity index (χ3n) is 2.69. The minimum atomic E-state index is 0.318. The maximum absolute atomic E-state index is 5.59. The zero-order chi connectivity index (χ0) is 11.3. The van der Waals surface area contributed by atoms with Gasteiger partial charge in [0.25, 0.3) is 0 Å². The number of nitrogen functional groups attached to an aromatic ring is 1. The molecule has 0 saturated carbocycles. The minimum Gasteiger partial charge on any atom is -0.368 e. The van der Waals surface area contributed by atoms with E-state index in [0.29, 0.717) is 5.95 Å². The van der Waals surface area contributed by atoms with Crippen LogP contribution in [-0.2, 0) is 7.05 Å². The van der Waals surface area contributed by atoms with E-state index in [1.165, 1.54) is 14.5 Å². The van der Waals surface area contributed by atoms with E-state index in [1.807, 2.05) is 19.3 Å². The Morgan fingerprint density at radius 2 is 2.19 bits per heavy atom. The lowest BCUT2D eigenvalue weighted by molar-refractivity contribution is 0.967. The van der Waals surface area contributed by atoms with Crippen molar-refractivity contribution in [3.8, 4) is 0 Å². The fraction of sp³-hybridized carbons (Fsp3) is 0.0909. The fourth-order valence-corrected chi connectivity index (χ4v) is 2.93. The van der Waals surface area contributed by atoms with Crippen molar-refractivity contribution in [2.75, 3.05) is 5.73 Å². The van der Waals surface area contributed by atoms with E-state index in [0.717, 1.165) is 10.9 Å². The van der Waals surface area contributed by atoms with Gasteiger partial charge in [-0.25, -0.2) is 9.97 Å². The van der Waals surface area contributed by atoms with Crippen LogP contribution < -0.4 is 5.73 Å². The average Bonchev–Trinajstić information content (AvgIpc) is 2.61. The maximum Gasteiger partial charge on any atom is 0.220 e. The van der Waals surface area contributed by atoms with E-state index < -0.39 is 0 Å². The zero-order valence-electron chi connectivity index (χ0n) is 8.61. The number of anilines is 1. The summed E-state index contributed by atoms with van der Waals surface area (Å²) in [6, 6.07) is 4.12. The summed E-state index contributed by atoms with van der Waals surface area (Å²) < 4.78 is 3.28.